The molecule has 4 aliphatic rings. The number of aliphatic hydroxyl groups excluding tert-OH is 1. The first-order valence-electron chi connectivity index (χ1n) is 12.2. The summed E-state index contributed by atoms with van der Waals surface area (Å²) in [5.74, 6) is -0.593. The second-order valence-corrected chi connectivity index (χ2v) is 15.0. The van der Waals surface area contributed by atoms with Gasteiger partial charge in [0.25, 0.3) is 15.9 Å². The van der Waals surface area contributed by atoms with E-state index in [0.29, 0.717) is 18.0 Å². The van der Waals surface area contributed by atoms with Gasteiger partial charge in [0, 0.05) is 24.8 Å². The van der Waals surface area contributed by atoms with Crippen LogP contribution in [0.15, 0.2) is 56.3 Å². The summed E-state index contributed by atoms with van der Waals surface area (Å²) in [4.78, 5) is 15.7. The first kappa shape index (κ1) is 24.6. The highest BCUT2D eigenvalue weighted by Gasteiger charge is 2.57. The molecule has 0 spiro atoms. The van der Waals surface area contributed by atoms with Crippen molar-refractivity contribution < 1.29 is 26.7 Å². The summed E-state index contributed by atoms with van der Waals surface area (Å²) in [7, 11) is -7.51. The Morgan fingerprint density at radius 2 is 1.92 bits per heavy atom. The number of amides is 1. The van der Waals surface area contributed by atoms with Crippen LogP contribution in [0, 0.1) is 17.8 Å². The molecular weight excluding hydrogens is 534 g/mol. The number of sulfonamides is 1. The number of hydrogen-bond donors (Lipinski definition) is 2. The number of aliphatic hydroxyl groups is 1. The maximum absolute atomic E-state index is 13.9. The molecule has 1 amide bonds. The van der Waals surface area contributed by atoms with Gasteiger partial charge >= 0.3 is 0 Å². The zero-order valence-electron chi connectivity index (χ0n) is 20.1. The fourth-order valence-electron chi connectivity index (χ4n) is 6.45. The molecule has 2 saturated carbocycles. The molecule has 4 atom stereocenters. The van der Waals surface area contributed by atoms with E-state index in [1.165, 1.54) is 0 Å². The number of sulfone groups is 1. The molecule has 2 aliphatic heterocycles. The predicted molar refractivity (Wildman–Crippen MR) is 141 cm³/mol. The van der Waals surface area contributed by atoms with Crippen molar-refractivity contribution >= 4 is 47.9 Å². The zero-order valence-corrected chi connectivity index (χ0v) is 22.6. The van der Waals surface area contributed by atoms with E-state index >= 15 is 0 Å². The fourth-order valence-corrected chi connectivity index (χ4v) is 9.72. The largest absolute Gasteiger partial charge is 0.511 e. The molecule has 6 rings (SSSR count). The number of hydrogen-bond acceptors (Lipinski definition) is 8. The van der Waals surface area contributed by atoms with Crippen LogP contribution in [0.1, 0.15) is 30.4 Å². The van der Waals surface area contributed by atoms with Crippen LogP contribution in [0.2, 0.25) is 0 Å². The number of amidine groups is 1. The number of nitrogens with zero attached hydrogens (tertiary/aromatic N) is 2. The standard InChI is InChI=1S/C25H27N3O6S3/c1-36(31,32)10-9-17-13-35-24-22(17)37(33,34)27-23(26-24)19-21(29)18-15-7-8-16(11-15)20(18)28(25(19)30)12-14-5-3-2-4-6-14/h2-6,13,15-16,18,20,29H,7-12H2,1H3,(H,26,27)/t15-,16+,18?,20?/m0/s1. The van der Waals surface area contributed by atoms with Crippen molar-refractivity contribution in [2.24, 2.45) is 22.2 Å². The second kappa shape index (κ2) is 8.67. The first-order valence-corrected chi connectivity index (χ1v) is 16.6. The van der Waals surface area contributed by atoms with E-state index < -0.39 is 25.8 Å². The monoisotopic (exact) mass is 561 g/mol. The smallest absolute Gasteiger partial charge is 0.287 e. The Hall–Kier alpha value is -2.70. The van der Waals surface area contributed by atoms with Crippen LogP contribution in [0.3, 0.4) is 0 Å². The van der Waals surface area contributed by atoms with E-state index in [9.17, 15) is 26.7 Å². The Morgan fingerprint density at radius 1 is 1.19 bits per heavy atom. The average molecular weight is 562 g/mol. The van der Waals surface area contributed by atoms with E-state index in [1.807, 2.05) is 30.3 Å². The molecule has 2 bridgehead atoms. The lowest BCUT2D eigenvalue weighted by Gasteiger charge is -2.44. The first-order chi connectivity index (χ1) is 17.5. The number of thiophene rings is 1. The lowest BCUT2D eigenvalue weighted by Crippen LogP contribution is -2.53. The zero-order chi connectivity index (χ0) is 26.1. The third-order valence-corrected chi connectivity index (χ3v) is 11.4. The van der Waals surface area contributed by atoms with E-state index in [4.69, 9.17) is 0 Å². The Labute approximate surface area is 219 Å². The Bertz CT molecular complexity index is 1560. The molecule has 0 radical (unpaired) electrons. The van der Waals surface area contributed by atoms with Gasteiger partial charge in [-0.1, -0.05) is 30.3 Å². The number of carbonyl (C=O) groups is 1. The molecule has 9 nitrogen and oxygen atoms in total. The second-order valence-electron chi connectivity index (χ2n) is 10.4. The highest BCUT2D eigenvalue weighted by atomic mass is 32.2. The lowest BCUT2D eigenvalue weighted by atomic mass is 9.77. The molecule has 37 heavy (non-hydrogen) atoms. The molecule has 2 unspecified atom stereocenters. The topological polar surface area (TPSA) is 133 Å². The summed E-state index contributed by atoms with van der Waals surface area (Å²) in [6.07, 6.45) is 4.05. The van der Waals surface area contributed by atoms with E-state index in [1.54, 1.807) is 10.3 Å². The van der Waals surface area contributed by atoms with Crippen LogP contribution in [0.5, 0.6) is 0 Å². The summed E-state index contributed by atoms with van der Waals surface area (Å²) < 4.78 is 53.7. The number of fused-ring (bicyclic) bond motifs is 6. The molecule has 0 saturated heterocycles. The highest BCUT2D eigenvalue weighted by Crippen LogP contribution is 2.55. The Kier molecular flexibility index (Phi) is 5.77. The Morgan fingerprint density at radius 3 is 2.65 bits per heavy atom. The summed E-state index contributed by atoms with van der Waals surface area (Å²) in [5, 5.41) is 16.3. The van der Waals surface area contributed by atoms with Crippen LogP contribution >= 0.6 is 11.3 Å². The predicted octanol–water partition coefficient (Wildman–Crippen LogP) is 3.12. The minimum atomic E-state index is -4.23. The van der Waals surface area contributed by atoms with Crippen molar-refractivity contribution in [1.82, 2.24) is 4.90 Å². The number of rotatable bonds is 6. The summed E-state index contributed by atoms with van der Waals surface area (Å²) in [5.41, 5.74) is 1.23. The third-order valence-electron chi connectivity index (χ3n) is 7.97. The quantitative estimate of drug-likeness (QED) is 0.554. The molecule has 1 aromatic heterocycles. The van der Waals surface area contributed by atoms with Gasteiger partial charge < -0.3 is 15.3 Å². The van der Waals surface area contributed by atoms with Crippen molar-refractivity contribution in [3.05, 3.63) is 58.2 Å². The van der Waals surface area contributed by atoms with Gasteiger partial charge in [0.1, 0.15) is 31.1 Å². The van der Waals surface area contributed by atoms with Gasteiger partial charge in [-0.05, 0) is 54.0 Å². The van der Waals surface area contributed by atoms with Gasteiger partial charge in [-0.25, -0.2) is 8.42 Å². The molecule has 2 aromatic rings. The van der Waals surface area contributed by atoms with Gasteiger partial charge in [0.15, 0.2) is 5.84 Å². The van der Waals surface area contributed by atoms with Crippen LogP contribution < -0.4 is 5.32 Å². The van der Waals surface area contributed by atoms with Crippen LogP contribution in [0.25, 0.3) is 0 Å². The van der Waals surface area contributed by atoms with Crippen molar-refractivity contribution in [2.45, 2.75) is 43.2 Å². The molecular formula is C25H27N3O6S3. The SMILES string of the molecule is CS(=O)(=O)CCc1csc2c1S(=O)(=O)N=C(C1=C(O)C3C([C@@H]4CC[C@H]3C4)N(Cc3ccccc3)C1=O)N2. The van der Waals surface area contributed by atoms with Gasteiger partial charge in [-0.3, -0.25) is 4.79 Å². The van der Waals surface area contributed by atoms with E-state index in [2.05, 4.69) is 9.71 Å². The van der Waals surface area contributed by atoms with Gasteiger partial charge in [-0.15, -0.1) is 15.7 Å². The van der Waals surface area contributed by atoms with Crippen molar-refractivity contribution in [2.75, 3.05) is 17.3 Å². The molecule has 2 fully saturated rings. The summed E-state index contributed by atoms with van der Waals surface area (Å²) >= 11 is 1.11. The number of nitrogens with one attached hydrogen (secondary N) is 1. The van der Waals surface area contributed by atoms with E-state index in [0.717, 1.165) is 42.4 Å². The molecule has 196 valence electrons. The fraction of sp³-hybridized carbons (Fsp3) is 0.440. The van der Waals surface area contributed by atoms with Gasteiger partial charge in [-0.2, -0.15) is 8.42 Å². The number of benzene rings is 1. The van der Waals surface area contributed by atoms with E-state index in [-0.39, 0.29) is 57.1 Å². The number of carbonyl (C=O) groups excluding carboxylic acids is 1. The normalized spacial score (nSPS) is 28.1. The molecule has 12 heteroatoms. The van der Waals surface area contributed by atoms with Crippen LogP contribution in [0.4, 0.5) is 5.00 Å². The highest BCUT2D eigenvalue weighted by molar-refractivity contribution is 7.91. The molecule has 2 aliphatic carbocycles. The maximum atomic E-state index is 13.9. The van der Waals surface area contributed by atoms with Gasteiger partial charge in [0.2, 0.25) is 0 Å². The molecule has 1 aromatic carbocycles. The van der Waals surface area contributed by atoms with Gasteiger partial charge in [0.05, 0.1) is 5.75 Å². The minimum Gasteiger partial charge on any atom is -0.511 e. The van der Waals surface area contributed by atoms with Crippen molar-refractivity contribution in [3.63, 3.8) is 0 Å². The molecule has 2 N–H and O–H groups in total. The average Bonchev–Trinajstić information content (AvgIpc) is 3.55. The maximum Gasteiger partial charge on any atom is 0.287 e. The number of anilines is 1. The lowest BCUT2D eigenvalue weighted by molar-refractivity contribution is -0.134. The minimum absolute atomic E-state index is 0.0426. The van der Waals surface area contributed by atoms with Crippen molar-refractivity contribution in [3.8, 4) is 0 Å². The summed E-state index contributed by atoms with van der Waals surface area (Å²) in [6.45, 7) is 0.362. The van der Waals surface area contributed by atoms with Crippen LogP contribution in [-0.2, 0) is 37.6 Å². The van der Waals surface area contributed by atoms with Crippen molar-refractivity contribution in [1.29, 1.82) is 0 Å². The third kappa shape index (κ3) is 4.18. The Balaban J connectivity index is 1.39. The van der Waals surface area contributed by atoms with Crippen LogP contribution in [-0.4, -0.2) is 56.6 Å². The summed E-state index contributed by atoms with van der Waals surface area (Å²) in [6, 6.07) is 9.50. The number of aryl methyl sites for hydroxylation is 1. The molecule has 3 heterocycles.